The molecule has 0 radical (unpaired) electrons. The lowest BCUT2D eigenvalue weighted by Crippen LogP contribution is -2.46. The first-order valence-electron chi connectivity index (χ1n) is 3.33. The van der Waals surface area contributed by atoms with E-state index >= 15 is 0 Å². The second kappa shape index (κ2) is 4.58. The van der Waals surface area contributed by atoms with Crippen molar-refractivity contribution in [2.45, 2.75) is 18.6 Å². The van der Waals surface area contributed by atoms with Crippen molar-refractivity contribution in [3.8, 4) is 0 Å². The summed E-state index contributed by atoms with van der Waals surface area (Å²) in [5.74, 6) is -4.08. The van der Waals surface area contributed by atoms with Crippen LogP contribution in [-0.2, 0) is 14.4 Å². The molecule has 0 saturated heterocycles. The number of nitrogens with one attached hydrogen (secondary N) is 1. The average Bonchev–Trinajstić information content (AvgIpc) is 2.01. The van der Waals surface area contributed by atoms with Crippen LogP contribution in [0.4, 0.5) is 13.2 Å². The number of aldehydes is 1. The van der Waals surface area contributed by atoms with Gasteiger partial charge in [-0.2, -0.15) is 13.2 Å². The Morgan fingerprint density at radius 2 is 1.93 bits per heavy atom. The summed E-state index contributed by atoms with van der Waals surface area (Å²) in [7, 11) is 0. The van der Waals surface area contributed by atoms with E-state index in [1.807, 2.05) is 0 Å². The lowest BCUT2D eigenvalue weighted by molar-refractivity contribution is -0.175. The molecule has 1 atom stereocenters. The van der Waals surface area contributed by atoms with E-state index in [0.717, 1.165) is 5.32 Å². The van der Waals surface area contributed by atoms with Crippen molar-refractivity contribution in [2.24, 2.45) is 0 Å². The van der Waals surface area contributed by atoms with E-state index in [1.165, 1.54) is 0 Å². The van der Waals surface area contributed by atoms with Crippen molar-refractivity contribution in [1.29, 1.82) is 0 Å². The highest BCUT2D eigenvalue weighted by atomic mass is 19.4. The number of carboxylic acids is 1. The predicted octanol–water partition coefficient (Wildman–Crippen LogP) is -0.293. The number of aliphatic carboxylic acids is 1. The molecule has 2 N–H and O–H groups in total. The molecule has 0 rings (SSSR count). The van der Waals surface area contributed by atoms with E-state index in [-0.39, 0.29) is 6.29 Å². The van der Waals surface area contributed by atoms with Gasteiger partial charge in [-0.3, -0.25) is 4.79 Å². The van der Waals surface area contributed by atoms with E-state index in [1.54, 1.807) is 0 Å². The van der Waals surface area contributed by atoms with Crippen molar-refractivity contribution < 1.29 is 32.7 Å². The van der Waals surface area contributed by atoms with Gasteiger partial charge in [0.1, 0.15) is 12.3 Å². The van der Waals surface area contributed by atoms with Gasteiger partial charge in [0.05, 0.1) is 0 Å². The van der Waals surface area contributed by atoms with Crippen LogP contribution in [0.25, 0.3) is 0 Å². The normalized spacial score (nSPS) is 13.1. The maximum atomic E-state index is 11.6. The Morgan fingerprint density at radius 1 is 1.43 bits per heavy atom. The molecule has 0 saturated carbocycles. The highest BCUT2D eigenvalue weighted by molar-refractivity contribution is 5.88. The first-order valence-corrected chi connectivity index (χ1v) is 3.33. The molecule has 8 heteroatoms. The molecule has 1 unspecified atom stereocenters. The van der Waals surface area contributed by atoms with Gasteiger partial charge in [-0.15, -0.1) is 0 Å². The maximum absolute atomic E-state index is 11.6. The zero-order valence-corrected chi connectivity index (χ0v) is 6.67. The minimum absolute atomic E-state index is 0.107. The third-order valence-electron chi connectivity index (χ3n) is 1.19. The SMILES string of the molecule is O=CCC(NC(=O)C(F)(F)F)C(=O)O. The Hall–Kier alpha value is -1.60. The van der Waals surface area contributed by atoms with Crippen molar-refractivity contribution in [3.63, 3.8) is 0 Å². The van der Waals surface area contributed by atoms with Crippen molar-refractivity contribution in [2.75, 3.05) is 0 Å². The molecule has 0 aliphatic rings. The minimum atomic E-state index is -5.16. The van der Waals surface area contributed by atoms with Gasteiger partial charge in [-0.25, -0.2) is 4.79 Å². The number of amides is 1. The van der Waals surface area contributed by atoms with Gasteiger partial charge in [0.25, 0.3) is 0 Å². The van der Waals surface area contributed by atoms with Crippen LogP contribution in [0.1, 0.15) is 6.42 Å². The molecule has 5 nitrogen and oxygen atoms in total. The summed E-state index contributed by atoms with van der Waals surface area (Å²) >= 11 is 0. The number of hydrogen-bond acceptors (Lipinski definition) is 3. The van der Waals surface area contributed by atoms with E-state index in [0.29, 0.717) is 0 Å². The standard InChI is InChI=1S/C6H6F3NO4/c7-6(8,9)5(14)10-3(1-2-11)4(12)13/h2-3H,1H2,(H,10,14)(H,12,13). The highest BCUT2D eigenvalue weighted by Gasteiger charge is 2.40. The minimum Gasteiger partial charge on any atom is -0.480 e. The first kappa shape index (κ1) is 12.4. The van der Waals surface area contributed by atoms with Crippen LogP contribution in [0, 0.1) is 0 Å². The van der Waals surface area contributed by atoms with Gasteiger partial charge >= 0.3 is 18.1 Å². The summed E-state index contributed by atoms with van der Waals surface area (Å²) < 4.78 is 34.9. The fourth-order valence-corrected chi connectivity index (χ4v) is 0.558. The van der Waals surface area contributed by atoms with E-state index in [9.17, 15) is 27.6 Å². The lowest BCUT2D eigenvalue weighted by atomic mass is 10.2. The average molecular weight is 213 g/mol. The van der Waals surface area contributed by atoms with Crippen LogP contribution in [-0.4, -0.2) is 35.5 Å². The van der Waals surface area contributed by atoms with Gasteiger partial charge in [-0.1, -0.05) is 0 Å². The summed E-state index contributed by atoms with van der Waals surface area (Å²) in [6.07, 6.45) is -5.76. The van der Waals surface area contributed by atoms with E-state index in [4.69, 9.17) is 5.11 Å². The smallest absolute Gasteiger partial charge is 0.471 e. The fraction of sp³-hybridized carbons (Fsp3) is 0.500. The first-order chi connectivity index (χ1) is 6.29. The molecule has 0 aliphatic carbocycles. The lowest BCUT2D eigenvalue weighted by Gasteiger charge is -2.12. The second-order valence-electron chi connectivity index (χ2n) is 2.26. The van der Waals surface area contributed by atoms with Crippen LogP contribution in [0.2, 0.25) is 0 Å². The topological polar surface area (TPSA) is 83.5 Å². The quantitative estimate of drug-likeness (QED) is 0.628. The largest absolute Gasteiger partial charge is 0.480 e. The summed E-state index contributed by atoms with van der Waals surface area (Å²) in [5.41, 5.74) is 0. The maximum Gasteiger partial charge on any atom is 0.471 e. The van der Waals surface area contributed by atoms with Crippen molar-refractivity contribution >= 4 is 18.2 Å². The number of hydrogen-bond donors (Lipinski definition) is 2. The number of rotatable bonds is 4. The Balaban J connectivity index is 4.38. The molecule has 0 fully saturated rings. The van der Waals surface area contributed by atoms with Crippen LogP contribution in [0.5, 0.6) is 0 Å². The molecule has 1 amide bonds. The molecule has 0 aliphatic heterocycles. The fourth-order valence-electron chi connectivity index (χ4n) is 0.558. The third kappa shape index (κ3) is 3.87. The Kier molecular flexibility index (Phi) is 4.06. The monoisotopic (exact) mass is 213 g/mol. The van der Waals surface area contributed by atoms with Crippen LogP contribution < -0.4 is 5.32 Å². The molecule has 80 valence electrons. The molecule has 0 aromatic carbocycles. The predicted molar refractivity (Wildman–Crippen MR) is 36.3 cm³/mol. The number of carbonyl (C=O) groups excluding carboxylic acids is 2. The molecule has 0 aromatic rings. The number of carboxylic acid groups (broad SMARTS) is 1. The summed E-state index contributed by atoms with van der Waals surface area (Å²) in [6.45, 7) is 0. The van der Waals surface area contributed by atoms with Crippen LogP contribution in [0.15, 0.2) is 0 Å². The number of carbonyl (C=O) groups is 3. The zero-order valence-electron chi connectivity index (χ0n) is 6.67. The Bertz CT molecular complexity index is 250. The van der Waals surface area contributed by atoms with Crippen molar-refractivity contribution in [1.82, 2.24) is 5.32 Å². The van der Waals surface area contributed by atoms with E-state index < -0.39 is 30.5 Å². The summed E-state index contributed by atoms with van der Waals surface area (Å²) in [6, 6.07) is -1.85. The third-order valence-corrected chi connectivity index (χ3v) is 1.19. The molecule has 0 spiro atoms. The molecular formula is C6H6F3NO4. The number of alkyl halides is 3. The van der Waals surface area contributed by atoms with Gasteiger partial charge in [-0.05, 0) is 0 Å². The highest BCUT2D eigenvalue weighted by Crippen LogP contribution is 2.14. The molecule has 0 bridgehead atoms. The second-order valence-corrected chi connectivity index (χ2v) is 2.26. The molecular weight excluding hydrogens is 207 g/mol. The van der Waals surface area contributed by atoms with E-state index in [2.05, 4.69) is 0 Å². The molecule has 0 aromatic heterocycles. The number of halogens is 3. The Morgan fingerprint density at radius 3 is 2.21 bits per heavy atom. The summed E-state index contributed by atoms with van der Waals surface area (Å²) in [4.78, 5) is 30.3. The molecule has 0 heterocycles. The van der Waals surface area contributed by atoms with Crippen LogP contribution >= 0.6 is 0 Å². The van der Waals surface area contributed by atoms with Crippen molar-refractivity contribution in [3.05, 3.63) is 0 Å². The molecule has 14 heavy (non-hydrogen) atoms. The van der Waals surface area contributed by atoms with Gasteiger partial charge in [0, 0.05) is 6.42 Å². The van der Waals surface area contributed by atoms with Gasteiger partial charge in [0.2, 0.25) is 0 Å². The van der Waals surface area contributed by atoms with Crippen LogP contribution in [0.3, 0.4) is 0 Å². The Labute approximate surface area is 75.9 Å². The van der Waals surface area contributed by atoms with Gasteiger partial charge in [0.15, 0.2) is 0 Å². The van der Waals surface area contributed by atoms with Gasteiger partial charge < -0.3 is 15.2 Å². The summed E-state index contributed by atoms with van der Waals surface area (Å²) in [5, 5.41) is 9.44. The zero-order chi connectivity index (χ0) is 11.4.